The summed E-state index contributed by atoms with van der Waals surface area (Å²) < 4.78 is 29.9. The third kappa shape index (κ3) is 8.29. The highest BCUT2D eigenvalue weighted by molar-refractivity contribution is 7.90. The van der Waals surface area contributed by atoms with E-state index in [2.05, 4.69) is 46.6 Å². The molecule has 0 aliphatic carbocycles. The van der Waals surface area contributed by atoms with Gasteiger partial charge in [0.05, 0.1) is 31.6 Å². The van der Waals surface area contributed by atoms with E-state index < -0.39 is 39.3 Å². The summed E-state index contributed by atoms with van der Waals surface area (Å²) in [5.74, 6) is -2.70. The Labute approximate surface area is 342 Å². The smallest absolute Gasteiger partial charge is 0.345 e. The molecule has 0 bridgehead atoms. The summed E-state index contributed by atoms with van der Waals surface area (Å²) in [6, 6.07) is 45.3. The van der Waals surface area contributed by atoms with Crippen LogP contribution in [0.25, 0.3) is 0 Å². The van der Waals surface area contributed by atoms with E-state index in [0.29, 0.717) is 25.1 Å². The minimum atomic E-state index is -3.58. The molecule has 11 heteroatoms. The molecule has 57 heavy (non-hydrogen) atoms. The van der Waals surface area contributed by atoms with Gasteiger partial charge in [0.1, 0.15) is 6.04 Å². The van der Waals surface area contributed by atoms with E-state index in [1.165, 1.54) is 30.3 Å². The van der Waals surface area contributed by atoms with Crippen LogP contribution < -0.4 is 5.32 Å². The number of nitrogens with one attached hydrogen (secondary N) is 1. The van der Waals surface area contributed by atoms with E-state index in [4.69, 9.17) is 27.9 Å². The molecule has 0 radical (unpaired) electrons. The SMILES string of the molecule is CS(=O)(=O)c1cccc(C[C@H](NC(=O)c2c(Cl)cc3c(c2Cl)CCN(C(c2ccccc2)(c2ccccc2)c2ccccc2)C3)C(=O)OC(=O)c2ccccc2)c1. The third-order valence-corrected chi connectivity index (χ3v) is 12.1. The minimum Gasteiger partial charge on any atom is -0.388 e. The number of sulfone groups is 1. The highest BCUT2D eigenvalue weighted by atomic mass is 35.5. The van der Waals surface area contributed by atoms with Crippen molar-refractivity contribution in [1.82, 2.24) is 10.2 Å². The summed E-state index contributed by atoms with van der Waals surface area (Å²) in [5, 5.41) is 2.92. The predicted molar refractivity (Wildman–Crippen MR) is 221 cm³/mol. The fraction of sp³-hybridized carbons (Fsp3) is 0.152. The number of benzene rings is 6. The van der Waals surface area contributed by atoms with E-state index in [-0.39, 0.29) is 32.5 Å². The molecule has 7 rings (SSSR count). The lowest BCUT2D eigenvalue weighted by Gasteiger charge is -2.48. The number of nitrogens with zero attached hydrogens (tertiary/aromatic N) is 1. The van der Waals surface area contributed by atoms with E-state index in [1.807, 2.05) is 54.6 Å². The van der Waals surface area contributed by atoms with Crippen molar-refractivity contribution in [1.29, 1.82) is 0 Å². The number of hydrogen-bond acceptors (Lipinski definition) is 7. The van der Waals surface area contributed by atoms with E-state index >= 15 is 0 Å². The number of carbonyl (C=O) groups is 3. The topological polar surface area (TPSA) is 110 Å². The number of ether oxygens (including phenoxy) is 1. The molecule has 0 fully saturated rings. The fourth-order valence-electron chi connectivity index (χ4n) is 7.59. The van der Waals surface area contributed by atoms with Gasteiger partial charge in [-0.3, -0.25) is 9.69 Å². The maximum atomic E-state index is 14.2. The molecule has 8 nitrogen and oxygen atoms in total. The Bertz CT molecular complexity index is 2440. The Balaban J connectivity index is 1.23. The van der Waals surface area contributed by atoms with Gasteiger partial charge in [-0.15, -0.1) is 0 Å². The van der Waals surface area contributed by atoms with Gasteiger partial charge in [-0.05, 0) is 70.1 Å². The molecule has 1 atom stereocenters. The molecule has 0 saturated carbocycles. The van der Waals surface area contributed by atoms with Gasteiger partial charge in [0.2, 0.25) is 0 Å². The van der Waals surface area contributed by atoms with Crippen LogP contribution in [0.3, 0.4) is 0 Å². The van der Waals surface area contributed by atoms with Crippen LogP contribution in [0, 0.1) is 0 Å². The molecule has 1 aliphatic heterocycles. The molecular formula is C46H38Cl2N2O6S. The number of halogens is 2. The number of fused-ring (bicyclic) bond motifs is 1. The predicted octanol–water partition coefficient (Wildman–Crippen LogP) is 8.47. The maximum Gasteiger partial charge on any atom is 0.345 e. The first-order valence-electron chi connectivity index (χ1n) is 18.3. The van der Waals surface area contributed by atoms with Crippen molar-refractivity contribution >= 4 is 50.9 Å². The van der Waals surface area contributed by atoms with Crippen molar-refractivity contribution < 1.29 is 27.5 Å². The van der Waals surface area contributed by atoms with Crippen LogP contribution >= 0.6 is 23.2 Å². The van der Waals surface area contributed by atoms with E-state index in [9.17, 15) is 22.8 Å². The van der Waals surface area contributed by atoms with Gasteiger partial charge in [0.25, 0.3) is 5.91 Å². The van der Waals surface area contributed by atoms with Gasteiger partial charge in [0.15, 0.2) is 9.84 Å². The molecule has 1 N–H and O–H groups in total. The average molecular weight is 818 g/mol. The number of hydrogen-bond donors (Lipinski definition) is 1. The lowest BCUT2D eigenvalue weighted by molar-refractivity contribution is -0.140. The quantitative estimate of drug-likeness (QED) is 0.0794. The summed E-state index contributed by atoms with van der Waals surface area (Å²) in [6.07, 6.45) is 1.36. The maximum absolute atomic E-state index is 14.2. The first-order valence-corrected chi connectivity index (χ1v) is 20.9. The highest BCUT2D eigenvalue weighted by Gasteiger charge is 2.44. The first-order chi connectivity index (χ1) is 27.5. The van der Waals surface area contributed by atoms with Crippen LogP contribution in [-0.4, -0.2) is 50.0 Å². The van der Waals surface area contributed by atoms with E-state index in [0.717, 1.165) is 34.1 Å². The van der Waals surface area contributed by atoms with Crippen molar-refractivity contribution in [3.05, 3.63) is 206 Å². The fourth-order valence-corrected chi connectivity index (χ4v) is 9.05. The van der Waals surface area contributed by atoms with Crippen molar-refractivity contribution in [2.45, 2.75) is 35.9 Å². The zero-order chi connectivity index (χ0) is 40.2. The molecule has 1 heterocycles. The Hall–Kier alpha value is -5.58. The first kappa shape index (κ1) is 39.6. The Kier molecular flexibility index (Phi) is 11.7. The second kappa shape index (κ2) is 16.9. The van der Waals surface area contributed by atoms with Gasteiger partial charge >= 0.3 is 11.9 Å². The van der Waals surface area contributed by atoms with Gasteiger partial charge in [-0.2, -0.15) is 0 Å². The van der Waals surface area contributed by atoms with Gasteiger partial charge in [-0.1, -0.05) is 145 Å². The molecule has 6 aromatic carbocycles. The zero-order valence-corrected chi connectivity index (χ0v) is 33.2. The highest BCUT2D eigenvalue weighted by Crippen LogP contribution is 2.46. The largest absolute Gasteiger partial charge is 0.388 e. The molecule has 0 aromatic heterocycles. The van der Waals surface area contributed by atoms with Crippen molar-refractivity contribution in [3.8, 4) is 0 Å². The van der Waals surface area contributed by atoms with Crippen molar-refractivity contribution in [2.75, 3.05) is 12.8 Å². The van der Waals surface area contributed by atoms with Crippen molar-refractivity contribution in [2.24, 2.45) is 0 Å². The number of amides is 1. The lowest BCUT2D eigenvalue weighted by atomic mass is 9.74. The minimum absolute atomic E-state index is 0.0250. The van der Waals surface area contributed by atoms with Crippen LogP contribution in [0.4, 0.5) is 0 Å². The summed E-state index contributed by atoms with van der Waals surface area (Å²) in [5.41, 5.74) is 4.71. The molecule has 0 saturated heterocycles. The Morgan fingerprint density at radius 3 is 1.84 bits per heavy atom. The number of esters is 2. The van der Waals surface area contributed by atoms with E-state index in [1.54, 1.807) is 30.3 Å². The summed E-state index contributed by atoms with van der Waals surface area (Å²) in [4.78, 5) is 43.1. The lowest BCUT2D eigenvalue weighted by Crippen LogP contribution is -2.50. The average Bonchev–Trinajstić information content (AvgIpc) is 3.22. The van der Waals surface area contributed by atoms with Crippen LogP contribution in [0.1, 0.15) is 54.1 Å². The van der Waals surface area contributed by atoms with Crippen LogP contribution in [0.5, 0.6) is 0 Å². The second-order valence-electron chi connectivity index (χ2n) is 13.9. The molecule has 0 spiro atoms. The monoisotopic (exact) mass is 816 g/mol. The molecular weight excluding hydrogens is 779 g/mol. The molecule has 1 aliphatic rings. The van der Waals surface area contributed by atoms with Gasteiger partial charge in [0, 0.05) is 25.8 Å². The van der Waals surface area contributed by atoms with Gasteiger partial charge in [-0.25, -0.2) is 18.0 Å². The Morgan fingerprint density at radius 2 is 1.30 bits per heavy atom. The molecule has 6 aromatic rings. The number of rotatable bonds is 11. The third-order valence-electron chi connectivity index (χ3n) is 10.2. The van der Waals surface area contributed by atoms with Crippen molar-refractivity contribution in [3.63, 3.8) is 0 Å². The van der Waals surface area contributed by atoms with Crippen LogP contribution in [0.2, 0.25) is 10.0 Å². The summed E-state index contributed by atoms with van der Waals surface area (Å²) in [7, 11) is -3.58. The Morgan fingerprint density at radius 1 is 0.754 bits per heavy atom. The van der Waals surface area contributed by atoms with Crippen LogP contribution in [0.15, 0.2) is 157 Å². The van der Waals surface area contributed by atoms with Gasteiger partial charge < -0.3 is 10.1 Å². The normalized spacial score (nSPS) is 13.6. The number of carbonyl (C=O) groups excluding carboxylic acids is 3. The molecule has 0 unspecified atom stereocenters. The summed E-state index contributed by atoms with van der Waals surface area (Å²) >= 11 is 14.0. The second-order valence-corrected chi connectivity index (χ2v) is 16.7. The summed E-state index contributed by atoms with van der Waals surface area (Å²) in [6.45, 7) is 1.02. The van der Waals surface area contributed by atoms with Crippen LogP contribution in [-0.2, 0) is 44.3 Å². The molecule has 288 valence electrons. The molecule has 1 amide bonds. The zero-order valence-electron chi connectivity index (χ0n) is 30.9. The standard InChI is InChI=1S/C46H38Cl2N2O6S/c1-57(54,55)37-24-14-15-31(27-37)28-40(45(53)56-44(52)32-16-6-2-7-17-32)49-43(51)41-39(47)29-33-30-50(26-25-38(33)42(41)48)46(34-18-8-3-9-19-34,35-20-10-4-11-21-35)36-22-12-5-13-23-36/h2-24,27,29,40H,25-26,28,30H2,1H3,(H,49,51)/t40-/m0/s1.